The summed E-state index contributed by atoms with van der Waals surface area (Å²) in [6, 6.07) is 9.52. The van der Waals surface area contributed by atoms with Gasteiger partial charge in [0.1, 0.15) is 0 Å². The second kappa shape index (κ2) is 6.29. The molecule has 0 aliphatic heterocycles. The Morgan fingerprint density at radius 2 is 2.00 bits per heavy atom. The van der Waals surface area contributed by atoms with Crippen LogP contribution >= 0.6 is 11.3 Å². The van der Waals surface area contributed by atoms with Gasteiger partial charge in [0.05, 0.1) is 19.2 Å². The molecule has 5 nitrogen and oxygen atoms in total. The number of rotatable bonds is 4. The van der Waals surface area contributed by atoms with Crippen molar-refractivity contribution in [1.82, 2.24) is 4.98 Å². The average Bonchev–Trinajstić information content (AvgIpc) is 2.81. The number of ether oxygens (including phenoxy) is 1. The first-order chi connectivity index (χ1) is 9.60. The first-order valence-corrected chi connectivity index (χ1v) is 6.81. The van der Waals surface area contributed by atoms with E-state index in [9.17, 15) is 9.59 Å². The maximum absolute atomic E-state index is 11.5. The second-order valence-corrected chi connectivity index (χ2v) is 5.17. The molecule has 0 unspecified atom stereocenters. The third-order valence-corrected chi connectivity index (χ3v) is 3.53. The summed E-state index contributed by atoms with van der Waals surface area (Å²) in [5.41, 5.74) is 1.60. The first kappa shape index (κ1) is 14.2. The van der Waals surface area contributed by atoms with Gasteiger partial charge in [0, 0.05) is 17.4 Å². The summed E-state index contributed by atoms with van der Waals surface area (Å²) in [5, 5.41) is 3.12. The minimum atomic E-state index is -0.333. The molecule has 1 heterocycles. The number of hydrogen-bond donors (Lipinski definition) is 1. The van der Waals surface area contributed by atoms with E-state index in [1.807, 2.05) is 30.3 Å². The van der Waals surface area contributed by atoms with Gasteiger partial charge in [-0.15, -0.1) is 11.3 Å². The van der Waals surface area contributed by atoms with Gasteiger partial charge in [-0.25, -0.2) is 4.98 Å². The topological polar surface area (TPSA) is 68.3 Å². The number of benzene rings is 1. The number of amides is 1. The number of esters is 1. The highest BCUT2D eigenvalue weighted by atomic mass is 32.1. The van der Waals surface area contributed by atoms with E-state index in [0.29, 0.717) is 10.8 Å². The van der Waals surface area contributed by atoms with Crippen molar-refractivity contribution < 1.29 is 14.3 Å². The fraction of sp³-hybridized carbons (Fsp3) is 0.214. The van der Waals surface area contributed by atoms with Gasteiger partial charge in [-0.1, -0.05) is 30.3 Å². The highest BCUT2D eigenvalue weighted by Crippen LogP contribution is 2.31. The minimum absolute atomic E-state index is 0.137. The smallest absolute Gasteiger partial charge is 0.310 e. The van der Waals surface area contributed by atoms with Gasteiger partial charge >= 0.3 is 5.97 Å². The van der Waals surface area contributed by atoms with Crippen molar-refractivity contribution in [3.05, 3.63) is 35.2 Å². The molecule has 1 amide bonds. The molecule has 0 aliphatic rings. The molecule has 0 atom stereocenters. The van der Waals surface area contributed by atoms with Crippen molar-refractivity contribution in [2.75, 3.05) is 12.4 Å². The Bertz CT molecular complexity index is 623. The number of methoxy groups -OCH3 is 1. The molecule has 20 heavy (non-hydrogen) atoms. The summed E-state index contributed by atoms with van der Waals surface area (Å²) in [4.78, 5) is 27.7. The molecular formula is C14H14N2O3S. The lowest BCUT2D eigenvalue weighted by Crippen LogP contribution is -2.04. The Morgan fingerprint density at radius 1 is 1.30 bits per heavy atom. The lowest BCUT2D eigenvalue weighted by molar-refractivity contribution is -0.139. The van der Waals surface area contributed by atoms with Crippen LogP contribution in [-0.2, 0) is 20.7 Å². The van der Waals surface area contributed by atoms with Crippen LogP contribution in [0.4, 0.5) is 5.13 Å². The third kappa shape index (κ3) is 3.42. The standard InChI is InChI=1S/C14H14N2O3S/c1-9(17)15-14-16-13(10-6-4-3-5-7-10)11(20-14)8-12(18)19-2/h3-7H,8H2,1-2H3,(H,15,16,17). The number of carbonyl (C=O) groups is 2. The minimum Gasteiger partial charge on any atom is -0.469 e. The average molecular weight is 290 g/mol. The lowest BCUT2D eigenvalue weighted by Gasteiger charge is -2.01. The molecule has 0 spiro atoms. The molecule has 1 aromatic heterocycles. The van der Waals surface area contributed by atoms with E-state index in [4.69, 9.17) is 0 Å². The van der Waals surface area contributed by atoms with Crippen LogP contribution in [-0.4, -0.2) is 24.0 Å². The number of carbonyl (C=O) groups excluding carboxylic acids is 2. The van der Waals surface area contributed by atoms with Crippen molar-refractivity contribution in [3.8, 4) is 11.3 Å². The molecule has 6 heteroatoms. The highest BCUT2D eigenvalue weighted by Gasteiger charge is 2.16. The van der Waals surface area contributed by atoms with Gasteiger partial charge < -0.3 is 10.1 Å². The number of nitrogens with one attached hydrogen (secondary N) is 1. The first-order valence-electron chi connectivity index (χ1n) is 5.99. The predicted molar refractivity (Wildman–Crippen MR) is 77.6 cm³/mol. The van der Waals surface area contributed by atoms with Crippen LogP contribution in [0.15, 0.2) is 30.3 Å². The van der Waals surface area contributed by atoms with Crippen LogP contribution in [0.3, 0.4) is 0 Å². The number of aromatic nitrogens is 1. The van der Waals surface area contributed by atoms with Crippen LogP contribution in [0, 0.1) is 0 Å². The Labute approximate surface area is 120 Å². The van der Waals surface area contributed by atoms with Crippen LogP contribution in [0.2, 0.25) is 0 Å². The summed E-state index contributed by atoms with van der Waals surface area (Å²) in [6.45, 7) is 1.42. The van der Waals surface area contributed by atoms with E-state index in [1.54, 1.807) is 0 Å². The molecule has 1 N–H and O–H groups in total. The van der Waals surface area contributed by atoms with Gasteiger partial charge in [-0.2, -0.15) is 0 Å². The summed E-state index contributed by atoms with van der Waals surface area (Å²) in [5.74, 6) is -0.525. The summed E-state index contributed by atoms with van der Waals surface area (Å²) < 4.78 is 4.69. The normalized spacial score (nSPS) is 10.1. The van der Waals surface area contributed by atoms with Gasteiger partial charge in [-0.05, 0) is 0 Å². The largest absolute Gasteiger partial charge is 0.469 e. The Balaban J connectivity index is 2.39. The van der Waals surface area contributed by atoms with Gasteiger partial charge in [0.15, 0.2) is 5.13 Å². The molecule has 1 aromatic carbocycles. The maximum Gasteiger partial charge on any atom is 0.310 e. The van der Waals surface area contributed by atoms with Crippen molar-refractivity contribution in [2.45, 2.75) is 13.3 Å². The molecule has 0 bridgehead atoms. The molecule has 0 radical (unpaired) electrons. The molecule has 0 saturated carbocycles. The van der Waals surface area contributed by atoms with E-state index in [2.05, 4.69) is 15.0 Å². The molecule has 2 aromatic rings. The van der Waals surface area contributed by atoms with E-state index >= 15 is 0 Å². The zero-order valence-electron chi connectivity index (χ0n) is 11.2. The van der Waals surface area contributed by atoms with Crippen LogP contribution < -0.4 is 5.32 Å². The van der Waals surface area contributed by atoms with Crippen LogP contribution in [0.25, 0.3) is 11.3 Å². The van der Waals surface area contributed by atoms with Crippen molar-refractivity contribution in [3.63, 3.8) is 0 Å². The second-order valence-electron chi connectivity index (χ2n) is 4.09. The molecule has 0 saturated heterocycles. The van der Waals surface area contributed by atoms with Crippen LogP contribution in [0.1, 0.15) is 11.8 Å². The van der Waals surface area contributed by atoms with Crippen molar-refractivity contribution in [2.24, 2.45) is 0 Å². The predicted octanol–water partition coefficient (Wildman–Crippen LogP) is 2.48. The Morgan fingerprint density at radius 3 is 2.60 bits per heavy atom. The highest BCUT2D eigenvalue weighted by molar-refractivity contribution is 7.16. The van der Waals surface area contributed by atoms with Gasteiger partial charge in [-0.3, -0.25) is 9.59 Å². The number of nitrogens with zero attached hydrogens (tertiary/aromatic N) is 1. The zero-order valence-corrected chi connectivity index (χ0v) is 12.0. The van der Waals surface area contributed by atoms with Gasteiger partial charge in [0.2, 0.25) is 5.91 Å². The van der Waals surface area contributed by atoms with Gasteiger partial charge in [0.25, 0.3) is 0 Å². The van der Waals surface area contributed by atoms with E-state index < -0.39 is 0 Å². The third-order valence-electron chi connectivity index (χ3n) is 2.56. The fourth-order valence-corrected chi connectivity index (χ4v) is 2.72. The van der Waals surface area contributed by atoms with Crippen molar-refractivity contribution in [1.29, 1.82) is 0 Å². The number of thiazole rings is 1. The number of hydrogen-bond acceptors (Lipinski definition) is 5. The molecular weight excluding hydrogens is 276 g/mol. The van der Waals surface area contributed by atoms with E-state index in [0.717, 1.165) is 10.4 Å². The SMILES string of the molecule is COC(=O)Cc1sc(NC(C)=O)nc1-c1ccccc1. The monoisotopic (exact) mass is 290 g/mol. The van der Waals surface area contributed by atoms with E-state index in [1.165, 1.54) is 25.4 Å². The van der Waals surface area contributed by atoms with Crippen LogP contribution in [0.5, 0.6) is 0 Å². The van der Waals surface area contributed by atoms with Crippen molar-refractivity contribution >= 4 is 28.3 Å². The number of anilines is 1. The molecule has 0 aliphatic carbocycles. The molecule has 2 rings (SSSR count). The Hall–Kier alpha value is -2.21. The summed E-state index contributed by atoms with van der Waals surface area (Å²) in [7, 11) is 1.35. The fourth-order valence-electron chi connectivity index (χ4n) is 1.70. The lowest BCUT2D eigenvalue weighted by atomic mass is 10.1. The maximum atomic E-state index is 11.5. The zero-order chi connectivity index (χ0) is 14.5. The molecule has 0 fully saturated rings. The quantitative estimate of drug-likeness (QED) is 0.878. The van der Waals surface area contributed by atoms with E-state index in [-0.39, 0.29) is 18.3 Å². The molecule has 104 valence electrons. The summed E-state index contributed by atoms with van der Waals surface area (Å²) in [6.07, 6.45) is 0.137. The summed E-state index contributed by atoms with van der Waals surface area (Å²) >= 11 is 1.28. The Kier molecular flexibility index (Phi) is 4.47.